The van der Waals surface area contributed by atoms with E-state index in [9.17, 15) is 9.90 Å². The Morgan fingerprint density at radius 2 is 1.94 bits per heavy atom. The number of anilines is 2. The van der Waals surface area contributed by atoms with Gasteiger partial charge in [-0.15, -0.1) is 0 Å². The smallest absolute Gasteiger partial charge is 0.260 e. The molecule has 0 saturated carbocycles. The summed E-state index contributed by atoms with van der Waals surface area (Å²) in [6, 6.07) is 12.1. The maximum atomic E-state index is 15.6. The van der Waals surface area contributed by atoms with Gasteiger partial charge in [0, 0.05) is 42.2 Å². The summed E-state index contributed by atoms with van der Waals surface area (Å²) in [6.45, 7) is 0.305. The molecule has 0 spiro atoms. The Balaban J connectivity index is 1.55. The second-order valence-corrected chi connectivity index (χ2v) is 7.59. The van der Waals surface area contributed by atoms with E-state index in [1.165, 1.54) is 11.2 Å². The Labute approximate surface area is 177 Å². The van der Waals surface area contributed by atoms with Gasteiger partial charge in [0.25, 0.3) is 5.91 Å². The first-order valence-corrected chi connectivity index (χ1v) is 9.89. The van der Waals surface area contributed by atoms with Gasteiger partial charge in [-0.05, 0) is 24.1 Å². The molecule has 2 aromatic carbocycles. The molecule has 8 heteroatoms. The zero-order chi connectivity index (χ0) is 21.7. The van der Waals surface area contributed by atoms with Gasteiger partial charge in [0.05, 0.1) is 5.39 Å². The zero-order valence-electron chi connectivity index (χ0n) is 16.8. The number of benzene rings is 2. The quantitative estimate of drug-likeness (QED) is 0.534. The SMILES string of the molecule is Cn1cc(-c2ccc3c(c2F)CCN3C(=O)[C@H](O)c2ccccc2)c2c(N)ncnc21. The average molecular weight is 417 g/mol. The van der Waals surface area contributed by atoms with Gasteiger partial charge in [-0.2, -0.15) is 0 Å². The van der Waals surface area contributed by atoms with E-state index in [4.69, 9.17) is 5.73 Å². The molecule has 0 bridgehead atoms. The number of halogens is 1. The van der Waals surface area contributed by atoms with E-state index in [-0.39, 0.29) is 5.82 Å². The van der Waals surface area contributed by atoms with Gasteiger partial charge in [-0.3, -0.25) is 4.79 Å². The summed E-state index contributed by atoms with van der Waals surface area (Å²) in [5.41, 5.74) is 9.07. The molecule has 0 radical (unpaired) electrons. The molecular formula is C23H20FN5O2. The van der Waals surface area contributed by atoms with Crippen LogP contribution in [0.1, 0.15) is 17.2 Å². The summed E-state index contributed by atoms with van der Waals surface area (Å²) in [7, 11) is 1.81. The van der Waals surface area contributed by atoms with Gasteiger partial charge in [0.2, 0.25) is 0 Å². The van der Waals surface area contributed by atoms with Gasteiger partial charge in [0.15, 0.2) is 6.10 Å². The summed E-state index contributed by atoms with van der Waals surface area (Å²) >= 11 is 0. The molecule has 5 rings (SSSR count). The number of nitrogens with two attached hydrogens (primary N) is 1. The monoisotopic (exact) mass is 417 g/mol. The molecule has 1 amide bonds. The number of nitrogen functional groups attached to an aromatic ring is 1. The number of aliphatic hydroxyl groups is 1. The topological polar surface area (TPSA) is 97.3 Å². The van der Waals surface area contributed by atoms with Crippen LogP contribution in [0.4, 0.5) is 15.9 Å². The first-order chi connectivity index (χ1) is 15.0. The number of hydrogen-bond donors (Lipinski definition) is 2. The molecule has 31 heavy (non-hydrogen) atoms. The van der Waals surface area contributed by atoms with Crippen molar-refractivity contribution in [1.29, 1.82) is 0 Å². The van der Waals surface area contributed by atoms with Crippen molar-refractivity contribution in [2.75, 3.05) is 17.2 Å². The predicted octanol–water partition coefficient (Wildman–Crippen LogP) is 2.98. The Morgan fingerprint density at radius 3 is 2.71 bits per heavy atom. The highest BCUT2D eigenvalue weighted by Crippen LogP contribution is 2.40. The van der Waals surface area contributed by atoms with E-state index in [0.717, 1.165) is 0 Å². The lowest BCUT2D eigenvalue weighted by molar-refractivity contribution is -0.126. The molecule has 3 N–H and O–H groups in total. The van der Waals surface area contributed by atoms with E-state index < -0.39 is 17.8 Å². The molecule has 0 saturated heterocycles. The molecule has 156 valence electrons. The van der Waals surface area contributed by atoms with Crippen molar-refractivity contribution in [2.24, 2.45) is 7.05 Å². The van der Waals surface area contributed by atoms with Crippen LogP contribution in [0.2, 0.25) is 0 Å². The van der Waals surface area contributed by atoms with E-state index in [2.05, 4.69) is 9.97 Å². The third-order valence-corrected chi connectivity index (χ3v) is 5.78. The minimum atomic E-state index is -1.30. The number of carbonyl (C=O) groups is 1. The standard InChI is InChI=1S/C23H20FN5O2/c1-28-11-16(18-21(25)26-12-27-22(18)28)14-7-8-17-15(19(14)24)9-10-29(17)23(31)20(30)13-5-3-2-4-6-13/h2-8,11-12,20,30H,9-10H2,1H3,(H2,25,26,27)/t20-/m1/s1. The molecule has 3 heterocycles. The molecule has 7 nitrogen and oxygen atoms in total. The zero-order valence-corrected chi connectivity index (χ0v) is 16.8. The fraction of sp³-hybridized carbons (Fsp3) is 0.174. The predicted molar refractivity (Wildman–Crippen MR) is 116 cm³/mol. The number of fused-ring (bicyclic) bond motifs is 2. The highest BCUT2D eigenvalue weighted by Gasteiger charge is 2.32. The summed E-state index contributed by atoms with van der Waals surface area (Å²) in [4.78, 5) is 22.6. The summed E-state index contributed by atoms with van der Waals surface area (Å²) in [5.74, 6) is -0.596. The molecule has 4 aromatic rings. The van der Waals surface area contributed by atoms with Crippen LogP contribution >= 0.6 is 0 Å². The first-order valence-electron chi connectivity index (χ1n) is 9.89. The van der Waals surface area contributed by atoms with Crippen molar-refractivity contribution in [2.45, 2.75) is 12.5 Å². The Kier molecular flexibility index (Phi) is 4.44. The van der Waals surface area contributed by atoms with Gasteiger partial charge < -0.3 is 20.3 Å². The minimum Gasteiger partial charge on any atom is -0.383 e. The van der Waals surface area contributed by atoms with E-state index in [1.807, 2.05) is 13.1 Å². The Morgan fingerprint density at radius 1 is 1.16 bits per heavy atom. The van der Waals surface area contributed by atoms with Crippen molar-refractivity contribution >= 4 is 28.4 Å². The van der Waals surface area contributed by atoms with Gasteiger partial charge >= 0.3 is 0 Å². The van der Waals surface area contributed by atoms with Crippen LogP contribution in [-0.4, -0.2) is 32.1 Å². The average Bonchev–Trinajstić information content (AvgIpc) is 3.36. The molecule has 1 aliphatic heterocycles. The van der Waals surface area contributed by atoms with Crippen molar-refractivity contribution in [3.05, 3.63) is 71.9 Å². The van der Waals surface area contributed by atoms with Crippen LogP contribution in [0.25, 0.3) is 22.2 Å². The summed E-state index contributed by atoms with van der Waals surface area (Å²) in [6.07, 6.45) is 2.21. The number of nitrogens with zero attached hydrogens (tertiary/aromatic N) is 4. The molecular weight excluding hydrogens is 397 g/mol. The number of amides is 1. The number of aromatic nitrogens is 3. The number of aliphatic hydroxyl groups excluding tert-OH is 1. The largest absolute Gasteiger partial charge is 0.383 e. The summed E-state index contributed by atoms with van der Waals surface area (Å²) in [5, 5.41) is 11.1. The highest BCUT2D eigenvalue weighted by molar-refractivity contribution is 6.02. The minimum absolute atomic E-state index is 0.281. The number of rotatable bonds is 3. The Hall–Kier alpha value is -3.78. The molecule has 0 fully saturated rings. The van der Waals surface area contributed by atoms with Crippen LogP contribution < -0.4 is 10.6 Å². The van der Waals surface area contributed by atoms with Crippen molar-refractivity contribution in [1.82, 2.24) is 14.5 Å². The molecule has 1 aliphatic rings. The lowest BCUT2D eigenvalue weighted by Crippen LogP contribution is -2.33. The first kappa shape index (κ1) is 19.2. The van der Waals surface area contributed by atoms with Crippen LogP contribution in [0, 0.1) is 5.82 Å². The third-order valence-electron chi connectivity index (χ3n) is 5.78. The van der Waals surface area contributed by atoms with Gasteiger partial charge in [0.1, 0.15) is 23.6 Å². The maximum Gasteiger partial charge on any atom is 0.260 e. The van der Waals surface area contributed by atoms with E-state index >= 15 is 4.39 Å². The number of hydrogen-bond acceptors (Lipinski definition) is 5. The van der Waals surface area contributed by atoms with Gasteiger partial charge in [-0.25, -0.2) is 14.4 Å². The third kappa shape index (κ3) is 2.95. The fourth-order valence-electron chi connectivity index (χ4n) is 4.25. The van der Waals surface area contributed by atoms with E-state index in [1.54, 1.807) is 47.2 Å². The number of aryl methyl sites for hydroxylation is 1. The Bertz CT molecular complexity index is 1320. The maximum absolute atomic E-state index is 15.6. The van der Waals surface area contributed by atoms with Crippen molar-refractivity contribution < 1.29 is 14.3 Å². The van der Waals surface area contributed by atoms with Crippen molar-refractivity contribution in [3.63, 3.8) is 0 Å². The molecule has 2 aromatic heterocycles. The highest BCUT2D eigenvalue weighted by atomic mass is 19.1. The lowest BCUT2D eigenvalue weighted by Gasteiger charge is -2.21. The van der Waals surface area contributed by atoms with Crippen LogP contribution in [0.5, 0.6) is 0 Å². The summed E-state index contributed by atoms with van der Waals surface area (Å²) < 4.78 is 17.4. The van der Waals surface area contributed by atoms with Crippen LogP contribution in [-0.2, 0) is 18.3 Å². The second-order valence-electron chi connectivity index (χ2n) is 7.59. The molecule has 0 unspecified atom stereocenters. The van der Waals surface area contributed by atoms with Crippen LogP contribution in [0.15, 0.2) is 55.0 Å². The van der Waals surface area contributed by atoms with E-state index in [0.29, 0.717) is 51.9 Å². The normalized spacial score (nSPS) is 14.1. The molecule has 0 aliphatic carbocycles. The van der Waals surface area contributed by atoms with Crippen molar-refractivity contribution in [3.8, 4) is 11.1 Å². The van der Waals surface area contributed by atoms with Gasteiger partial charge in [-0.1, -0.05) is 30.3 Å². The van der Waals surface area contributed by atoms with Crippen LogP contribution in [0.3, 0.4) is 0 Å². The number of carbonyl (C=O) groups excluding carboxylic acids is 1. The fourth-order valence-corrected chi connectivity index (χ4v) is 4.25. The lowest BCUT2D eigenvalue weighted by atomic mass is 10.0. The second kappa shape index (κ2) is 7.17. The molecule has 1 atom stereocenters.